The first-order chi connectivity index (χ1) is 8.65. The second-order valence-electron chi connectivity index (χ2n) is 5.10. The van der Waals surface area contributed by atoms with Gasteiger partial charge in [0.25, 0.3) is 0 Å². The maximum absolute atomic E-state index is 12.9. The zero-order chi connectivity index (χ0) is 13.0. The molecule has 18 heavy (non-hydrogen) atoms. The molecule has 1 aliphatic rings. The van der Waals surface area contributed by atoms with Gasteiger partial charge in [0.15, 0.2) is 0 Å². The maximum atomic E-state index is 12.9. The quantitative estimate of drug-likeness (QED) is 0.891. The van der Waals surface area contributed by atoms with Gasteiger partial charge in [0.1, 0.15) is 5.82 Å². The lowest BCUT2D eigenvalue weighted by Gasteiger charge is -2.39. The van der Waals surface area contributed by atoms with Gasteiger partial charge < -0.3 is 14.7 Å². The molecule has 3 nitrogen and oxygen atoms in total. The predicted molar refractivity (Wildman–Crippen MR) is 69.2 cm³/mol. The smallest absolute Gasteiger partial charge is 0.123 e. The molecule has 2 rings (SSSR count). The van der Waals surface area contributed by atoms with Crippen LogP contribution in [-0.2, 0) is 4.74 Å². The Morgan fingerprint density at radius 3 is 2.44 bits per heavy atom. The van der Waals surface area contributed by atoms with E-state index in [1.54, 1.807) is 12.1 Å². The van der Waals surface area contributed by atoms with E-state index >= 15 is 0 Å². The first kappa shape index (κ1) is 13.3. The predicted octanol–water partition coefficient (Wildman–Crippen LogP) is 2.05. The minimum atomic E-state index is -0.227. The lowest BCUT2D eigenvalue weighted by molar-refractivity contribution is -0.0113. The molecular weight excluding hydrogens is 233 g/mol. The van der Waals surface area contributed by atoms with E-state index in [4.69, 9.17) is 4.74 Å². The standard InChI is InChI=1S/C14H20FNO2/c1-16(13-4-2-12(15)3-5-13)10-14(11-17)6-8-18-9-7-14/h2-5,17H,6-11H2,1H3. The monoisotopic (exact) mass is 253 g/mol. The van der Waals surface area contributed by atoms with Crippen molar-refractivity contribution in [2.24, 2.45) is 5.41 Å². The van der Waals surface area contributed by atoms with E-state index in [1.807, 2.05) is 7.05 Å². The summed E-state index contributed by atoms with van der Waals surface area (Å²) in [6, 6.07) is 6.45. The molecule has 1 saturated heterocycles. The van der Waals surface area contributed by atoms with Crippen LogP contribution in [0.1, 0.15) is 12.8 Å². The number of nitrogens with zero attached hydrogens (tertiary/aromatic N) is 1. The topological polar surface area (TPSA) is 32.7 Å². The molecule has 1 fully saturated rings. The number of anilines is 1. The van der Waals surface area contributed by atoms with Gasteiger partial charge in [0.2, 0.25) is 0 Å². The summed E-state index contributed by atoms with van der Waals surface area (Å²) in [5, 5.41) is 9.64. The molecule has 0 aromatic heterocycles. The molecule has 0 aliphatic carbocycles. The molecule has 4 heteroatoms. The summed E-state index contributed by atoms with van der Waals surface area (Å²) in [4.78, 5) is 2.07. The Hall–Kier alpha value is -1.13. The lowest BCUT2D eigenvalue weighted by atomic mass is 9.80. The van der Waals surface area contributed by atoms with Gasteiger partial charge in [-0.15, -0.1) is 0 Å². The molecule has 0 atom stereocenters. The number of ether oxygens (including phenoxy) is 1. The summed E-state index contributed by atoms with van der Waals surface area (Å²) in [7, 11) is 1.97. The second-order valence-corrected chi connectivity index (χ2v) is 5.10. The number of aliphatic hydroxyl groups excluding tert-OH is 1. The third kappa shape index (κ3) is 3.00. The van der Waals surface area contributed by atoms with Crippen LogP contribution >= 0.6 is 0 Å². The molecule has 1 N–H and O–H groups in total. The van der Waals surface area contributed by atoms with Crippen molar-refractivity contribution in [1.29, 1.82) is 0 Å². The Morgan fingerprint density at radius 1 is 1.28 bits per heavy atom. The molecule has 1 aromatic carbocycles. The van der Waals surface area contributed by atoms with Crippen LogP contribution in [0.5, 0.6) is 0 Å². The molecule has 1 aliphatic heterocycles. The van der Waals surface area contributed by atoms with Crippen molar-refractivity contribution in [3.8, 4) is 0 Å². The summed E-state index contributed by atoms with van der Waals surface area (Å²) >= 11 is 0. The Morgan fingerprint density at radius 2 is 1.89 bits per heavy atom. The van der Waals surface area contributed by atoms with Crippen molar-refractivity contribution in [2.75, 3.05) is 38.3 Å². The summed E-state index contributed by atoms with van der Waals surface area (Å²) in [6.45, 7) is 2.34. The van der Waals surface area contributed by atoms with Crippen molar-refractivity contribution < 1.29 is 14.2 Å². The molecular formula is C14H20FNO2. The average Bonchev–Trinajstić information content (AvgIpc) is 2.40. The number of hydrogen-bond acceptors (Lipinski definition) is 3. The highest BCUT2D eigenvalue weighted by molar-refractivity contribution is 5.45. The van der Waals surface area contributed by atoms with Gasteiger partial charge in [-0.2, -0.15) is 0 Å². The van der Waals surface area contributed by atoms with Gasteiger partial charge in [-0.1, -0.05) is 0 Å². The number of rotatable bonds is 4. The van der Waals surface area contributed by atoms with Crippen LogP contribution in [0.4, 0.5) is 10.1 Å². The van der Waals surface area contributed by atoms with Crippen LogP contribution in [0.15, 0.2) is 24.3 Å². The SMILES string of the molecule is CN(CC1(CO)CCOCC1)c1ccc(F)cc1. The van der Waals surface area contributed by atoms with Crippen LogP contribution in [0.3, 0.4) is 0 Å². The van der Waals surface area contributed by atoms with Gasteiger partial charge in [-0.25, -0.2) is 4.39 Å². The highest BCUT2D eigenvalue weighted by Gasteiger charge is 2.33. The average molecular weight is 253 g/mol. The fourth-order valence-electron chi connectivity index (χ4n) is 2.46. The Kier molecular flexibility index (Phi) is 4.19. The summed E-state index contributed by atoms with van der Waals surface area (Å²) in [5.74, 6) is -0.227. The van der Waals surface area contributed by atoms with Gasteiger partial charge in [0, 0.05) is 37.9 Å². The van der Waals surface area contributed by atoms with E-state index in [2.05, 4.69) is 4.90 Å². The second kappa shape index (κ2) is 5.67. The first-order valence-electron chi connectivity index (χ1n) is 6.31. The summed E-state index contributed by atoms with van der Waals surface area (Å²) in [6.07, 6.45) is 1.74. The third-order valence-corrected chi connectivity index (χ3v) is 3.73. The Balaban J connectivity index is 2.04. The van der Waals surface area contributed by atoms with Crippen LogP contribution in [0, 0.1) is 11.2 Å². The molecule has 100 valence electrons. The van der Waals surface area contributed by atoms with Crippen molar-refractivity contribution in [1.82, 2.24) is 0 Å². The van der Waals surface area contributed by atoms with Crippen LogP contribution < -0.4 is 4.90 Å². The largest absolute Gasteiger partial charge is 0.396 e. The van der Waals surface area contributed by atoms with E-state index in [0.29, 0.717) is 13.2 Å². The van der Waals surface area contributed by atoms with Gasteiger partial charge in [0.05, 0.1) is 6.61 Å². The number of halogens is 1. The van der Waals surface area contributed by atoms with E-state index in [1.165, 1.54) is 12.1 Å². The maximum Gasteiger partial charge on any atom is 0.123 e. The molecule has 0 unspecified atom stereocenters. The van der Waals surface area contributed by atoms with Crippen molar-refractivity contribution >= 4 is 5.69 Å². The van der Waals surface area contributed by atoms with Gasteiger partial charge in [-0.05, 0) is 37.1 Å². The van der Waals surface area contributed by atoms with E-state index in [-0.39, 0.29) is 17.8 Å². The third-order valence-electron chi connectivity index (χ3n) is 3.73. The molecule has 1 heterocycles. The van der Waals surface area contributed by atoms with Crippen molar-refractivity contribution in [3.05, 3.63) is 30.1 Å². The summed E-state index contributed by atoms with van der Waals surface area (Å²) < 4.78 is 18.2. The van der Waals surface area contributed by atoms with Crippen LogP contribution in [0.25, 0.3) is 0 Å². The Labute approximate surface area is 107 Å². The van der Waals surface area contributed by atoms with E-state index in [9.17, 15) is 9.50 Å². The Bertz CT molecular complexity index is 374. The molecule has 0 spiro atoms. The van der Waals surface area contributed by atoms with Crippen LogP contribution in [0.2, 0.25) is 0 Å². The van der Waals surface area contributed by atoms with Crippen molar-refractivity contribution in [2.45, 2.75) is 12.8 Å². The zero-order valence-electron chi connectivity index (χ0n) is 10.7. The number of aliphatic hydroxyl groups is 1. The zero-order valence-corrected chi connectivity index (χ0v) is 10.7. The van der Waals surface area contributed by atoms with E-state index < -0.39 is 0 Å². The molecule has 0 saturated carbocycles. The fraction of sp³-hybridized carbons (Fsp3) is 0.571. The first-order valence-corrected chi connectivity index (χ1v) is 6.31. The summed E-state index contributed by atoms with van der Waals surface area (Å²) in [5.41, 5.74) is 0.872. The number of benzene rings is 1. The lowest BCUT2D eigenvalue weighted by Crippen LogP contribution is -2.42. The van der Waals surface area contributed by atoms with Gasteiger partial charge in [-0.3, -0.25) is 0 Å². The minimum Gasteiger partial charge on any atom is -0.396 e. The number of hydrogen-bond donors (Lipinski definition) is 1. The van der Waals surface area contributed by atoms with Gasteiger partial charge >= 0.3 is 0 Å². The normalized spacial score (nSPS) is 18.6. The van der Waals surface area contributed by atoms with Crippen LogP contribution in [-0.4, -0.2) is 38.5 Å². The highest BCUT2D eigenvalue weighted by atomic mass is 19.1. The fourth-order valence-corrected chi connectivity index (χ4v) is 2.46. The minimum absolute atomic E-state index is 0.0958. The van der Waals surface area contributed by atoms with Crippen molar-refractivity contribution in [3.63, 3.8) is 0 Å². The van der Waals surface area contributed by atoms with E-state index in [0.717, 1.165) is 25.1 Å². The molecule has 1 aromatic rings. The highest BCUT2D eigenvalue weighted by Crippen LogP contribution is 2.32. The molecule has 0 amide bonds. The molecule has 0 radical (unpaired) electrons. The molecule has 0 bridgehead atoms.